The van der Waals surface area contributed by atoms with E-state index in [1.54, 1.807) is 25.1 Å². The van der Waals surface area contributed by atoms with E-state index < -0.39 is 6.04 Å². The van der Waals surface area contributed by atoms with E-state index >= 15 is 0 Å². The van der Waals surface area contributed by atoms with Crippen LogP contribution in [0.25, 0.3) is 16.5 Å². The molecule has 1 fully saturated rings. The van der Waals surface area contributed by atoms with Gasteiger partial charge >= 0.3 is 0 Å². The second kappa shape index (κ2) is 10.8. The van der Waals surface area contributed by atoms with Crippen LogP contribution in [0.1, 0.15) is 33.7 Å². The van der Waals surface area contributed by atoms with E-state index in [1.807, 2.05) is 23.1 Å². The van der Waals surface area contributed by atoms with Crippen molar-refractivity contribution in [1.82, 2.24) is 20.0 Å². The van der Waals surface area contributed by atoms with Crippen LogP contribution in [-0.4, -0.2) is 92.3 Å². The molecule has 1 aromatic heterocycles. The van der Waals surface area contributed by atoms with Gasteiger partial charge in [0.1, 0.15) is 11.6 Å². The zero-order chi connectivity index (χ0) is 27.8. The molecule has 1 N–H and O–H groups in total. The predicted molar refractivity (Wildman–Crippen MR) is 154 cm³/mol. The van der Waals surface area contributed by atoms with Crippen LogP contribution >= 0.6 is 0 Å². The van der Waals surface area contributed by atoms with E-state index in [2.05, 4.69) is 34.5 Å². The van der Waals surface area contributed by atoms with E-state index in [0.29, 0.717) is 37.4 Å². The maximum absolute atomic E-state index is 14.0. The molecule has 3 aliphatic rings. The Kier molecular flexibility index (Phi) is 7.06. The van der Waals surface area contributed by atoms with Crippen molar-refractivity contribution in [2.75, 3.05) is 58.3 Å². The van der Waals surface area contributed by atoms with Crippen molar-refractivity contribution in [3.63, 3.8) is 0 Å². The predicted octanol–water partition coefficient (Wildman–Crippen LogP) is 2.74. The van der Waals surface area contributed by atoms with Crippen LogP contribution in [0.3, 0.4) is 0 Å². The molecule has 9 heteroatoms. The number of piperazine rings is 1. The second-order valence-electron chi connectivity index (χ2n) is 11.0. The number of carbonyl (C=O) groups excluding carboxylic acids is 3. The molecule has 6 rings (SSSR count). The number of fused-ring (bicyclic) bond motifs is 2. The van der Waals surface area contributed by atoms with Gasteiger partial charge in [0.25, 0.3) is 5.91 Å². The van der Waals surface area contributed by atoms with Gasteiger partial charge in [0, 0.05) is 77.4 Å². The highest BCUT2D eigenvalue weighted by molar-refractivity contribution is 5.96. The molecule has 0 aliphatic carbocycles. The Labute approximate surface area is 234 Å². The molecule has 0 spiro atoms. The van der Waals surface area contributed by atoms with Gasteiger partial charge in [-0.2, -0.15) is 0 Å². The van der Waals surface area contributed by atoms with Crippen molar-refractivity contribution in [3.05, 3.63) is 71.0 Å². The van der Waals surface area contributed by atoms with Gasteiger partial charge in [-0.25, -0.2) is 0 Å². The first-order valence-corrected chi connectivity index (χ1v) is 13.9. The molecule has 2 aromatic carbocycles. The van der Waals surface area contributed by atoms with E-state index in [4.69, 9.17) is 4.42 Å². The Morgan fingerprint density at radius 2 is 1.88 bits per heavy atom. The Balaban J connectivity index is 1.22. The number of hydrogen-bond donors (Lipinski definition) is 1. The van der Waals surface area contributed by atoms with Crippen LogP contribution in [-0.2, 0) is 22.6 Å². The van der Waals surface area contributed by atoms with Crippen molar-refractivity contribution in [2.24, 2.45) is 0 Å². The third-order valence-electron chi connectivity index (χ3n) is 8.24. The van der Waals surface area contributed by atoms with Crippen molar-refractivity contribution < 1.29 is 18.8 Å². The van der Waals surface area contributed by atoms with Crippen molar-refractivity contribution in [2.45, 2.75) is 25.4 Å². The lowest BCUT2D eigenvalue weighted by Gasteiger charge is -2.40. The van der Waals surface area contributed by atoms with Crippen LogP contribution in [0.5, 0.6) is 0 Å². The summed E-state index contributed by atoms with van der Waals surface area (Å²) in [6.07, 6.45) is 4.26. The van der Waals surface area contributed by atoms with E-state index in [1.165, 1.54) is 16.2 Å². The molecule has 3 aliphatic heterocycles. The average Bonchev–Trinajstić information content (AvgIpc) is 3.43. The molecule has 0 saturated carbocycles. The highest BCUT2D eigenvalue weighted by Crippen LogP contribution is 2.33. The molecule has 40 heavy (non-hydrogen) atoms. The van der Waals surface area contributed by atoms with Crippen molar-refractivity contribution in [1.29, 1.82) is 0 Å². The zero-order valence-electron chi connectivity index (χ0n) is 23.1. The summed E-state index contributed by atoms with van der Waals surface area (Å²) in [6.45, 7) is 5.27. The minimum atomic E-state index is -0.524. The summed E-state index contributed by atoms with van der Waals surface area (Å²) >= 11 is 0. The summed E-state index contributed by atoms with van der Waals surface area (Å²) in [5, 5.41) is 4.25. The van der Waals surface area contributed by atoms with Gasteiger partial charge in [-0.05, 0) is 52.9 Å². The Morgan fingerprint density at radius 1 is 1.05 bits per heavy atom. The zero-order valence-corrected chi connectivity index (χ0v) is 23.1. The molecule has 3 amide bonds. The lowest BCUT2D eigenvalue weighted by atomic mass is 9.90. The van der Waals surface area contributed by atoms with Crippen LogP contribution in [0, 0.1) is 0 Å². The lowest BCUT2D eigenvalue weighted by molar-refractivity contribution is -0.141. The first-order chi connectivity index (χ1) is 19.4. The topological polar surface area (TPSA) is 89.3 Å². The summed E-state index contributed by atoms with van der Waals surface area (Å²) in [5.74, 6) is 0.111. The summed E-state index contributed by atoms with van der Waals surface area (Å²) in [7, 11) is 3.39. The van der Waals surface area contributed by atoms with Crippen LogP contribution in [0.4, 0.5) is 5.69 Å². The average molecular weight is 542 g/mol. The SMILES string of the molecule is CN(C)C(=O)c1cc2cc(C3=CCCN(C(=O)[C@H]4Cc5c(cccc5N5CCNCC5)CN4C=O)C3)ccc2o1. The lowest BCUT2D eigenvalue weighted by Crippen LogP contribution is -2.52. The van der Waals surface area contributed by atoms with Gasteiger partial charge in [-0.3, -0.25) is 14.4 Å². The molecule has 0 unspecified atom stereocenters. The third kappa shape index (κ3) is 4.86. The molecular formula is C31H35N5O4. The molecule has 0 bridgehead atoms. The normalized spacial score (nSPS) is 19.3. The molecule has 1 atom stereocenters. The molecule has 3 aromatic rings. The molecule has 1 saturated heterocycles. The first-order valence-electron chi connectivity index (χ1n) is 13.9. The highest BCUT2D eigenvalue weighted by Gasteiger charge is 2.36. The quantitative estimate of drug-likeness (QED) is 0.500. The van der Waals surface area contributed by atoms with Crippen LogP contribution in [0.15, 0.2) is 53.0 Å². The van der Waals surface area contributed by atoms with Crippen LogP contribution < -0.4 is 10.2 Å². The van der Waals surface area contributed by atoms with E-state index in [-0.39, 0.29) is 11.8 Å². The Hall–Kier alpha value is -4.11. The maximum atomic E-state index is 14.0. The van der Waals surface area contributed by atoms with E-state index in [9.17, 15) is 14.4 Å². The Bertz CT molecular complexity index is 1490. The number of rotatable bonds is 5. The van der Waals surface area contributed by atoms with Gasteiger partial charge in [0.15, 0.2) is 5.76 Å². The number of carbonyl (C=O) groups is 3. The fourth-order valence-corrected chi connectivity index (χ4v) is 6.09. The number of amides is 3. The fraction of sp³-hybridized carbons (Fsp3) is 0.387. The standard InChI is InChI=1S/C31H35N5O4/c1-33(2)31(39)29-16-24-15-21(8-9-28(24)40-29)22-6-4-12-35(18-22)30(38)27-17-25-23(19-36(27)20-37)5-3-7-26(25)34-13-10-32-11-14-34/h3,5-9,15-16,20,27,32H,4,10-14,17-19H2,1-2H3/t27-/m1/s1. The minimum Gasteiger partial charge on any atom is -0.451 e. The summed E-state index contributed by atoms with van der Waals surface area (Å²) in [4.78, 5) is 45.9. The highest BCUT2D eigenvalue weighted by atomic mass is 16.3. The number of furan rings is 1. The largest absolute Gasteiger partial charge is 0.451 e. The smallest absolute Gasteiger partial charge is 0.289 e. The maximum Gasteiger partial charge on any atom is 0.289 e. The fourth-order valence-electron chi connectivity index (χ4n) is 6.09. The number of hydrogen-bond acceptors (Lipinski definition) is 6. The minimum absolute atomic E-state index is 0.0123. The van der Waals surface area contributed by atoms with Gasteiger partial charge in [-0.1, -0.05) is 24.3 Å². The van der Waals surface area contributed by atoms with Gasteiger partial charge in [0.2, 0.25) is 12.3 Å². The number of benzene rings is 2. The molecule has 9 nitrogen and oxygen atoms in total. The number of nitrogens with zero attached hydrogens (tertiary/aromatic N) is 4. The molecular weight excluding hydrogens is 506 g/mol. The molecule has 208 valence electrons. The van der Waals surface area contributed by atoms with Crippen LogP contribution in [0.2, 0.25) is 0 Å². The monoisotopic (exact) mass is 541 g/mol. The second-order valence-corrected chi connectivity index (χ2v) is 11.0. The summed E-state index contributed by atoms with van der Waals surface area (Å²) < 4.78 is 5.76. The summed E-state index contributed by atoms with van der Waals surface area (Å²) in [5.41, 5.74) is 6.19. The van der Waals surface area contributed by atoms with Gasteiger partial charge in [0.05, 0.1) is 0 Å². The van der Waals surface area contributed by atoms with Crippen molar-refractivity contribution >= 4 is 40.5 Å². The number of nitrogens with one attached hydrogen (secondary N) is 1. The van der Waals surface area contributed by atoms with E-state index in [0.717, 1.165) is 61.1 Å². The molecule has 0 radical (unpaired) electrons. The number of anilines is 1. The van der Waals surface area contributed by atoms with Gasteiger partial charge in [-0.15, -0.1) is 0 Å². The Morgan fingerprint density at radius 3 is 2.65 bits per heavy atom. The van der Waals surface area contributed by atoms with Gasteiger partial charge < -0.3 is 29.3 Å². The van der Waals surface area contributed by atoms with Crippen molar-refractivity contribution in [3.8, 4) is 0 Å². The molecule has 4 heterocycles. The summed E-state index contributed by atoms with van der Waals surface area (Å²) in [6, 6.07) is 13.4. The first kappa shape index (κ1) is 26.1. The third-order valence-corrected chi connectivity index (χ3v) is 8.24.